The molecule has 2 N–H and O–H groups in total. The van der Waals surface area contributed by atoms with Crippen molar-refractivity contribution in [2.24, 2.45) is 5.73 Å². The second-order valence-corrected chi connectivity index (χ2v) is 3.80. The Morgan fingerprint density at radius 1 is 1.19 bits per heavy atom. The smallest absolute Gasteiger partial charge is 0.332 e. The molecule has 0 aliphatic heterocycles. The van der Waals surface area contributed by atoms with Crippen molar-refractivity contribution in [1.29, 1.82) is 0 Å². The van der Waals surface area contributed by atoms with Crippen LogP contribution < -0.4 is 5.73 Å². The maximum atomic E-state index is 12.2. The third kappa shape index (κ3) is 4.00. The van der Waals surface area contributed by atoms with Gasteiger partial charge in [0.25, 0.3) is 0 Å². The lowest BCUT2D eigenvalue weighted by atomic mass is 9.92. The largest absolute Gasteiger partial charge is 0.406 e. The summed E-state index contributed by atoms with van der Waals surface area (Å²) in [5.41, 5.74) is 4.60. The first kappa shape index (κ1) is 15.2. The van der Waals surface area contributed by atoms with E-state index in [0.717, 1.165) is 4.90 Å². The Morgan fingerprint density at radius 2 is 1.62 bits per heavy atom. The van der Waals surface area contributed by atoms with E-state index in [2.05, 4.69) is 0 Å². The topological polar surface area (TPSA) is 46.3 Å². The molecule has 0 aromatic heterocycles. The van der Waals surface area contributed by atoms with Gasteiger partial charge in [0.05, 0.1) is 5.54 Å². The molecular formula is C10H19F3N2O. The highest BCUT2D eigenvalue weighted by Crippen LogP contribution is 2.20. The Morgan fingerprint density at radius 3 is 1.88 bits per heavy atom. The van der Waals surface area contributed by atoms with Gasteiger partial charge in [-0.05, 0) is 19.8 Å². The van der Waals surface area contributed by atoms with Gasteiger partial charge in [-0.15, -0.1) is 0 Å². The first-order chi connectivity index (χ1) is 7.20. The van der Waals surface area contributed by atoms with Crippen molar-refractivity contribution >= 4 is 5.91 Å². The van der Waals surface area contributed by atoms with E-state index in [1.165, 1.54) is 6.92 Å². The molecule has 16 heavy (non-hydrogen) atoms. The van der Waals surface area contributed by atoms with Gasteiger partial charge in [0.2, 0.25) is 5.91 Å². The Balaban J connectivity index is 4.78. The van der Waals surface area contributed by atoms with Gasteiger partial charge >= 0.3 is 6.18 Å². The molecule has 0 saturated carbocycles. The summed E-state index contributed by atoms with van der Waals surface area (Å²) in [5, 5.41) is 0. The van der Waals surface area contributed by atoms with Crippen LogP contribution in [0.3, 0.4) is 0 Å². The molecule has 0 atom stereocenters. The zero-order valence-electron chi connectivity index (χ0n) is 9.90. The zero-order chi connectivity index (χ0) is 13.0. The monoisotopic (exact) mass is 240 g/mol. The minimum absolute atomic E-state index is 0.0112. The number of alkyl halides is 3. The highest BCUT2D eigenvalue weighted by molar-refractivity contribution is 5.86. The van der Waals surface area contributed by atoms with Crippen molar-refractivity contribution in [1.82, 2.24) is 4.90 Å². The fourth-order valence-electron chi connectivity index (χ4n) is 1.41. The van der Waals surface area contributed by atoms with Gasteiger partial charge in [-0.2, -0.15) is 13.2 Å². The lowest BCUT2D eigenvalue weighted by Crippen LogP contribution is -2.56. The van der Waals surface area contributed by atoms with Crippen LogP contribution in [0.4, 0.5) is 13.2 Å². The molecule has 0 unspecified atom stereocenters. The number of amides is 1. The highest BCUT2D eigenvalue weighted by atomic mass is 19.4. The van der Waals surface area contributed by atoms with Crippen molar-refractivity contribution < 1.29 is 18.0 Å². The average Bonchev–Trinajstić information content (AvgIpc) is 2.22. The van der Waals surface area contributed by atoms with E-state index >= 15 is 0 Å². The number of hydrogen-bond donors (Lipinski definition) is 1. The van der Waals surface area contributed by atoms with Crippen molar-refractivity contribution in [3.05, 3.63) is 0 Å². The summed E-state index contributed by atoms with van der Waals surface area (Å²) in [6.45, 7) is 3.68. The van der Waals surface area contributed by atoms with E-state index in [-0.39, 0.29) is 6.54 Å². The van der Waals surface area contributed by atoms with Crippen LogP contribution in [-0.4, -0.2) is 35.6 Å². The molecule has 0 aromatic carbocycles. The Hall–Kier alpha value is -0.780. The normalized spacial score (nSPS) is 12.7. The number of halogens is 3. The van der Waals surface area contributed by atoms with Crippen LogP contribution in [0.1, 0.15) is 33.6 Å². The highest BCUT2D eigenvalue weighted by Gasteiger charge is 2.38. The predicted molar refractivity (Wildman–Crippen MR) is 55.8 cm³/mol. The van der Waals surface area contributed by atoms with Crippen molar-refractivity contribution in [2.45, 2.75) is 45.3 Å². The molecule has 0 spiro atoms. The summed E-state index contributed by atoms with van der Waals surface area (Å²) in [6, 6.07) is 0. The second-order valence-electron chi connectivity index (χ2n) is 3.80. The van der Waals surface area contributed by atoms with E-state index in [9.17, 15) is 18.0 Å². The Kier molecular flexibility index (Phi) is 5.25. The summed E-state index contributed by atoms with van der Waals surface area (Å²) in [5.74, 6) is -0.627. The van der Waals surface area contributed by atoms with Gasteiger partial charge in [-0.3, -0.25) is 4.79 Å². The molecule has 0 rings (SSSR count). The van der Waals surface area contributed by atoms with Crippen LogP contribution in [0, 0.1) is 0 Å². The molecule has 0 aliphatic rings. The number of likely N-dealkylation sites (N-methyl/N-ethyl adjacent to an activating group) is 1. The molecule has 0 radical (unpaired) electrons. The number of rotatable bonds is 5. The maximum absolute atomic E-state index is 12.2. The van der Waals surface area contributed by atoms with Gasteiger partial charge < -0.3 is 10.6 Å². The molecule has 0 saturated heterocycles. The van der Waals surface area contributed by atoms with Gasteiger partial charge in [0, 0.05) is 6.54 Å². The summed E-state index contributed by atoms with van der Waals surface area (Å²) >= 11 is 0. The van der Waals surface area contributed by atoms with E-state index in [1.54, 1.807) is 13.8 Å². The number of carbonyl (C=O) groups is 1. The van der Waals surface area contributed by atoms with E-state index in [4.69, 9.17) is 5.73 Å². The van der Waals surface area contributed by atoms with Crippen molar-refractivity contribution in [3.8, 4) is 0 Å². The van der Waals surface area contributed by atoms with Gasteiger partial charge in [0.15, 0.2) is 0 Å². The molecule has 3 nitrogen and oxygen atoms in total. The van der Waals surface area contributed by atoms with Crippen LogP contribution in [0.2, 0.25) is 0 Å². The number of nitrogens with zero attached hydrogens (tertiary/aromatic N) is 1. The molecule has 0 heterocycles. The zero-order valence-corrected chi connectivity index (χ0v) is 9.90. The first-order valence-electron chi connectivity index (χ1n) is 5.35. The Labute approximate surface area is 93.8 Å². The van der Waals surface area contributed by atoms with Crippen molar-refractivity contribution in [3.63, 3.8) is 0 Å². The van der Waals surface area contributed by atoms with Gasteiger partial charge in [-0.1, -0.05) is 13.8 Å². The molecule has 0 aliphatic carbocycles. The fourth-order valence-corrected chi connectivity index (χ4v) is 1.41. The Bertz CT molecular complexity index is 237. The molecule has 6 heteroatoms. The quantitative estimate of drug-likeness (QED) is 0.798. The van der Waals surface area contributed by atoms with Crippen LogP contribution in [0.5, 0.6) is 0 Å². The summed E-state index contributed by atoms with van der Waals surface area (Å²) in [4.78, 5) is 12.6. The van der Waals surface area contributed by atoms with Crippen LogP contribution >= 0.6 is 0 Å². The van der Waals surface area contributed by atoms with Crippen LogP contribution in [0.25, 0.3) is 0 Å². The number of carbonyl (C=O) groups excluding carboxylic acids is 1. The standard InChI is InChI=1S/C10H19F3N2O/c1-4-9(14,5-2)8(16)15(6-3)7-10(11,12)13/h4-7,14H2,1-3H3. The average molecular weight is 240 g/mol. The van der Waals surface area contributed by atoms with Gasteiger partial charge in [0.1, 0.15) is 6.54 Å². The van der Waals surface area contributed by atoms with Gasteiger partial charge in [-0.25, -0.2) is 0 Å². The molecular weight excluding hydrogens is 221 g/mol. The molecule has 0 fully saturated rings. The first-order valence-corrected chi connectivity index (χ1v) is 5.35. The number of hydrogen-bond acceptors (Lipinski definition) is 2. The molecule has 1 amide bonds. The van der Waals surface area contributed by atoms with E-state index < -0.39 is 24.2 Å². The summed E-state index contributed by atoms with van der Waals surface area (Å²) < 4.78 is 36.6. The minimum Gasteiger partial charge on any atom is -0.332 e. The molecule has 0 aromatic rings. The molecule has 0 bridgehead atoms. The summed E-state index contributed by atoms with van der Waals surface area (Å²) in [7, 11) is 0. The minimum atomic E-state index is -4.38. The maximum Gasteiger partial charge on any atom is 0.406 e. The third-order valence-corrected chi connectivity index (χ3v) is 2.73. The predicted octanol–water partition coefficient (Wildman–Crippen LogP) is 1.91. The molecule has 96 valence electrons. The SMILES string of the molecule is CCN(CC(F)(F)F)C(=O)C(N)(CC)CC. The second kappa shape index (κ2) is 5.52. The lowest BCUT2D eigenvalue weighted by Gasteiger charge is -2.32. The van der Waals surface area contributed by atoms with Crippen LogP contribution in [-0.2, 0) is 4.79 Å². The number of nitrogens with two attached hydrogens (primary N) is 1. The lowest BCUT2D eigenvalue weighted by molar-refractivity contribution is -0.164. The summed E-state index contributed by atoms with van der Waals surface area (Å²) in [6.07, 6.45) is -3.72. The third-order valence-electron chi connectivity index (χ3n) is 2.73. The van der Waals surface area contributed by atoms with Crippen LogP contribution in [0.15, 0.2) is 0 Å². The van der Waals surface area contributed by atoms with E-state index in [1.807, 2.05) is 0 Å². The van der Waals surface area contributed by atoms with E-state index in [0.29, 0.717) is 12.8 Å². The fraction of sp³-hybridized carbons (Fsp3) is 0.900. The van der Waals surface area contributed by atoms with Crippen molar-refractivity contribution in [2.75, 3.05) is 13.1 Å².